The van der Waals surface area contributed by atoms with Gasteiger partial charge in [0.05, 0.1) is 34.8 Å². The molecule has 0 bridgehead atoms. The summed E-state index contributed by atoms with van der Waals surface area (Å²) in [6.07, 6.45) is 31.4. The van der Waals surface area contributed by atoms with E-state index in [-0.39, 0.29) is 24.6 Å². The van der Waals surface area contributed by atoms with Crippen LogP contribution in [0, 0.1) is 0 Å². The molecule has 0 unspecified atom stereocenters. The van der Waals surface area contributed by atoms with Gasteiger partial charge in [-0.25, -0.2) is 8.42 Å². The maximum Gasteiger partial charge on any atom is 1.00 e. The fraction of sp³-hybridized carbons (Fsp3) is 1.00. The molecule has 0 rings (SSSR count). The molecular formula is C28H59LiO3PS+. The average Bonchev–Trinajstić information content (AvgIpc) is 2.77. The molecule has 3 nitrogen and oxygen atoms in total. The molecule has 0 aliphatic heterocycles. The quantitative estimate of drug-likeness (QED) is 0.0581. The minimum atomic E-state index is -4.07. The Balaban J connectivity index is 0. The van der Waals surface area contributed by atoms with E-state index in [0.29, 0.717) is 6.42 Å². The maximum absolute atomic E-state index is 11.1. The number of hydrogen-bond donors (Lipinski definition) is 0. The van der Waals surface area contributed by atoms with Gasteiger partial charge in [0, 0.05) is 13.0 Å². The van der Waals surface area contributed by atoms with E-state index < -0.39 is 17.4 Å². The zero-order valence-electron chi connectivity index (χ0n) is 23.8. The van der Waals surface area contributed by atoms with Crippen LogP contribution in [0.25, 0.3) is 0 Å². The van der Waals surface area contributed by atoms with Crippen molar-refractivity contribution >= 4 is 17.4 Å². The third-order valence-corrected chi connectivity index (χ3v) is 13.1. The van der Waals surface area contributed by atoms with Gasteiger partial charge in [-0.1, -0.05) is 97.8 Å². The van der Waals surface area contributed by atoms with Crippen molar-refractivity contribution in [3.05, 3.63) is 0 Å². The van der Waals surface area contributed by atoms with Crippen LogP contribution < -0.4 is 18.9 Å². The molecule has 0 fully saturated rings. The summed E-state index contributed by atoms with van der Waals surface area (Å²) in [5.41, 5.74) is 0. The van der Waals surface area contributed by atoms with Gasteiger partial charge in [0.1, 0.15) is 0 Å². The predicted molar refractivity (Wildman–Crippen MR) is 150 cm³/mol. The van der Waals surface area contributed by atoms with Crippen molar-refractivity contribution in [1.29, 1.82) is 0 Å². The van der Waals surface area contributed by atoms with Crippen molar-refractivity contribution in [2.45, 2.75) is 149 Å². The summed E-state index contributed by atoms with van der Waals surface area (Å²) in [5.74, 6) is -0.169. The molecule has 0 aliphatic rings. The van der Waals surface area contributed by atoms with Crippen molar-refractivity contribution in [3.8, 4) is 0 Å². The zero-order valence-corrected chi connectivity index (χ0v) is 25.5. The number of unbranched alkanes of at least 4 members (excludes halogenated alkanes) is 16. The van der Waals surface area contributed by atoms with Crippen molar-refractivity contribution < 1.29 is 31.8 Å². The fourth-order valence-corrected chi connectivity index (χ4v) is 10.6. The Kier molecular flexibility index (Phi) is 27.9. The van der Waals surface area contributed by atoms with E-state index in [9.17, 15) is 13.0 Å². The van der Waals surface area contributed by atoms with E-state index in [2.05, 4.69) is 20.8 Å². The Morgan fingerprint density at radius 3 is 1.03 bits per heavy atom. The van der Waals surface area contributed by atoms with Gasteiger partial charge in [0.2, 0.25) is 0 Å². The second kappa shape index (κ2) is 25.6. The van der Waals surface area contributed by atoms with E-state index in [0.717, 1.165) is 6.42 Å². The third-order valence-electron chi connectivity index (χ3n) is 7.23. The molecule has 0 aliphatic carbocycles. The van der Waals surface area contributed by atoms with Crippen LogP contribution in [-0.2, 0) is 10.1 Å². The first kappa shape index (κ1) is 37.1. The molecule has 0 heterocycles. The average molecular weight is 514 g/mol. The first-order valence-corrected chi connectivity index (χ1v) is 18.8. The van der Waals surface area contributed by atoms with E-state index >= 15 is 0 Å². The van der Waals surface area contributed by atoms with Gasteiger partial charge in [-0.3, -0.25) is 0 Å². The molecular weight excluding hydrogens is 454 g/mol. The number of rotatable bonds is 26. The zero-order chi connectivity index (χ0) is 24.7. The van der Waals surface area contributed by atoms with Gasteiger partial charge in [-0.05, 0) is 51.4 Å². The first-order valence-electron chi connectivity index (χ1n) is 14.7. The van der Waals surface area contributed by atoms with E-state index in [1.165, 1.54) is 140 Å². The minimum absolute atomic E-state index is 0. The van der Waals surface area contributed by atoms with E-state index in [1.54, 1.807) is 0 Å². The van der Waals surface area contributed by atoms with Crippen LogP contribution in [0.3, 0.4) is 0 Å². The Labute approximate surface area is 228 Å². The molecule has 0 radical (unpaired) electrons. The Bertz CT molecular complexity index is 473. The normalized spacial score (nSPS) is 12.1. The molecule has 0 spiro atoms. The van der Waals surface area contributed by atoms with Crippen LogP contribution in [0.1, 0.15) is 149 Å². The van der Waals surface area contributed by atoms with Gasteiger partial charge in [-0.15, -0.1) is 0 Å². The second-order valence-corrected chi connectivity index (χ2v) is 16.5. The van der Waals surface area contributed by atoms with E-state index in [4.69, 9.17) is 0 Å². The topological polar surface area (TPSA) is 57.2 Å². The smallest absolute Gasteiger partial charge is 0.748 e. The Morgan fingerprint density at radius 1 is 0.471 bits per heavy atom. The minimum Gasteiger partial charge on any atom is -0.748 e. The third kappa shape index (κ3) is 24.6. The summed E-state index contributed by atoms with van der Waals surface area (Å²) in [6, 6.07) is 0. The summed E-state index contributed by atoms with van der Waals surface area (Å²) >= 11 is 0. The molecule has 0 N–H and O–H groups in total. The molecule has 0 saturated heterocycles. The SMILES string of the molecule is CCCCCCCC[P+](CCCCCCCC)(CCCCCCCC)CCCCS(=O)(=O)[O-].[Li+]. The van der Waals surface area contributed by atoms with Crippen LogP contribution in [0.15, 0.2) is 0 Å². The Morgan fingerprint density at radius 2 is 0.735 bits per heavy atom. The summed E-state index contributed by atoms with van der Waals surface area (Å²) < 4.78 is 33.3. The van der Waals surface area contributed by atoms with Crippen molar-refractivity contribution in [1.82, 2.24) is 0 Å². The van der Waals surface area contributed by atoms with Crippen LogP contribution in [0.5, 0.6) is 0 Å². The summed E-state index contributed by atoms with van der Waals surface area (Å²) in [4.78, 5) is 0. The molecule has 0 aromatic rings. The molecule has 0 atom stereocenters. The Hall–Kier alpha value is 0.937. The van der Waals surface area contributed by atoms with Crippen LogP contribution in [0.4, 0.5) is 0 Å². The predicted octanol–water partition coefficient (Wildman–Crippen LogP) is 6.41. The summed E-state index contributed by atoms with van der Waals surface area (Å²) in [7, 11) is -5.11. The van der Waals surface area contributed by atoms with Gasteiger partial charge in [0.15, 0.2) is 0 Å². The van der Waals surface area contributed by atoms with Crippen LogP contribution in [0.2, 0.25) is 0 Å². The van der Waals surface area contributed by atoms with Crippen LogP contribution >= 0.6 is 7.26 Å². The van der Waals surface area contributed by atoms with Gasteiger partial charge in [0.25, 0.3) is 0 Å². The summed E-state index contributed by atoms with van der Waals surface area (Å²) in [5, 5.41) is 0. The molecule has 34 heavy (non-hydrogen) atoms. The summed E-state index contributed by atoms with van der Waals surface area (Å²) in [6.45, 7) is 6.83. The largest absolute Gasteiger partial charge is 1.00 e. The van der Waals surface area contributed by atoms with Gasteiger partial charge < -0.3 is 4.55 Å². The fourth-order valence-electron chi connectivity index (χ4n) is 5.08. The second-order valence-electron chi connectivity index (χ2n) is 10.5. The molecule has 0 aromatic carbocycles. The molecule has 200 valence electrons. The first-order chi connectivity index (χ1) is 15.9. The van der Waals surface area contributed by atoms with Crippen molar-refractivity contribution in [2.24, 2.45) is 0 Å². The van der Waals surface area contributed by atoms with E-state index in [1.807, 2.05) is 0 Å². The maximum atomic E-state index is 11.1. The molecule has 0 saturated carbocycles. The monoisotopic (exact) mass is 513 g/mol. The van der Waals surface area contributed by atoms with Gasteiger partial charge >= 0.3 is 18.9 Å². The van der Waals surface area contributed by atoms with Gasteiger partial charge in [-0.2, -0.15) is 0 Å². The molecule has 0 amide bonds. The van der Waals surface area contributed by atoms with Crippen LogP contribution in [-0.4, -0.2) is 43.4 Å². The van der Waals surface area contributed by atoms with Crippen molar-refractivity contribution in [3.63, 3.8) is 0 Å². The van der Waals surface area contributed by atoms with Crippen molar-refractivity contribution in [2.75, 3.05) is 30.4 Å². The molecule has 0 aromatic heterocycles. The standard InChI is InChI=1S/C28H59O3PS.Li/c1-4-7-10-13-16-19-24-32(25-20-17-14-11-8-5-2,26-21-18-15-12-9-6-3)27-22-23-28-33(29,30)31;/h4-28H2,1-3H3;/q;+1. The molecule has 6 heteroatoms. The number of hydrogen-bond acceptors (Lipinski definition) is 3.